The summed E-state index contributed by atoms with van der Waals surface area (Å²) in [5.74, 6) is -0.225. The Morgan fingerprint density at radius 2 is 2.41 bits per heavy atom. The van der Waals surface area contributed by atoms with Gasteiger partial charge in [0.15, 0.2) is 10.8 Å². The van der Waals surface area contributed by atoms with Crippen LogP contribution in [0, 0.1) is 0 Å². The molecule has 0 aromatic carbocycles. The molecule has 0 fully saturated rings. The molecule has 8 heteroatoms. The number of nitrogens with zero attached hydrogens (tertiary/aromatic N) is 3. The van der Waals surface area contributed by atoms with Crippen molar-refractivity contribution in [3.8, 4) is 0 Å². The number of hydrogen-bond acceptors (Lipinski definition) is 5. The Balaban J connectivity index is 2.16. The SMILES string of the molecule is CCOCC(=O)Nc1nc(Cl)c2[nH]cnc2n1. The first kappa shape index (κ1) is 11.7. The number of aromatic amines is 1. The van der Waals surface area contributed by atoms with Crippen molar-refractivity contribution in [1.29, 1.82) is 0 Å². The Bertz CT molecular complexity index is 541. The van der Waals surface area contributed by atoms with Gasteiger partial charge in [-0.25, -0.2) is 4.98 Å². The number of hydrogen-bond donors (Lipinski definition) is 2. The van der Waals surface area contributed by atoms with Crippen LogP contribution in [-0.2, 0) is 9.53 Å². The van der Waals surface area contributed by atoms with Gasteiger partial charge in [-0.2, -0.15) is 9.97 Å². The largest absolute Gasteiger partial charge is 0.372 e. The molecule has 1 amide bonds. The molecule has 0 saturated carbocycles. The summed E-state index contributed by atoms with van der Waals surface area (Å²) in [6.45, 7) is 2.22. The Kier molecular flexibility index (Phi) is 3.50. The van der Waals surface area contributed by atoms with Gasteiger partial charge in [0.05, 0.1) is 6.33 Å². The molecule has 7 nitrogen and oxygen atoms in total. The zero-order valence-corrected chi connectivity index (χ0v) is 9.78. The van der Waals surface area contributed by atoms with Gasteiger partial charge in [0, 0.05) is 6.61 Å². The van der Waals surface area contributed by atoms with Gasteiger partial charge in [-0.1, -0.05) is 11.6 Å². The fraction of sp³-hybridized carbons (Fsp3) is 0.333. The third-order valence-corrected chi connectivity index (χ3v) is 2.20. The van der Waals surface area contributed by atoms with Gasteiger partial charge in [0.2, 0.25) is 5.95 Å². The average molecular weight is 256 g/mol. The normalized spacial score (nSPS) is 10.7. The molecule has 0 atom stereocenters. The maximum Gasteiger partial charge on any atom is 0.252 e. The highest BCUT2D eigenvalue weighted by Gasteiger charge is 2.10. The number of rotatable bonds is 4. The predicted molar refractivity (Wildman–Crippen MR) is 61.8 cm³/mol. The highest BCUT2D eigenvalue weighted by atomic mass is 35.5. The predicted octanol–water partition coefficient (Wildman–Crippen LogP) is 0.981. The minimum Gasteiger partial charge on any atom is -0.372 e. The second kappa shape index (κ2) is 5.07. The van der Waals surface area contributed by atoms with Gasteiger partial charge in [0.25, 0.3) is 5.91 Å². The molecular formula is C9H10ClN5O2. The second-order valence-electron chi connectivity index (χ2n) is 3.12. The number of imidazole rings is 1. The van der Waals surface area contributed by atoms with Crippen molar-refractivity contribution in [2.45, 2.75) is 6.92 Å². The summed E-state index contributed by atoms with van der Waals surface area (Å²) in [7, 11) is 0. The number of amides is 1. The average Bonchev–Trinajstić information content (AvgIpc) is 2.75. The van der Waals surface area contributed by atoms with E-state index in [4.69, 9.17) is 16.3 Å². The van der Waals surface area contributed by atoms with E-state index in [-0.39, 0.29) is 23.6 Å². The van der Waals surface area contributed by atoms with E-state index in [0.29, 0.717) is 17.8 Å². The van der Waals surface area contributed by atoms with Crippen LogP contribution in [0.5, 0.6) is 0 Å². The molecule has 2 aromatic heterocycles. The van der Waals surface area contributed by atoms with Gasteiger partial charge >= 0.3 is 0 Å². The molecule has 0 aliphatic carbocycles. The van der Waals surface area contributed by atoms with E-state index in [0.717, 1.165) is 0 Å². The zero-order chi connectivity index (χ0) is 12.3. The van der Waals surface area contributed by atoms with E-state index in [2.05, 4.69) is 25.3 Å². The Labute approximate surface area is 102 Å². The monoisotopic (exact) mass is 255 g/mol. The van der Waals surface area contributed by atoms with Crippen LogP contribution >= 0.6 is 11.6 Å². The van der Waals surface area contributed by atoms with Crippen LogP contribution in [0.4, 0.5) is 5.95 Å². The number of aromatic nitrogens is 4. The third-order valence-electron chi connectivity index (χ3n) is 1.93. The molecule has 2 aromatic rings. The number of fused-ring (bicyclic) bond motifs is 1. The molecule has 90 valence electrons. The van der Waals surface area contributed by atoms with E-state index in [1.165, 1.54) is 6.33 Å². The Morgan fingerprint density at radius 3 is 3.18 bits per heavy atom. The van der Waals surface area contributed by atoms with Crippen LogP contribution in [0.25, 0.3) is 11.2 Å². The van der Waals surface area contributed by atoms with Crippen molar-refractivity contribution in [2.24, 2.45) is 0 Å². The smallest absolute Gasteiger partial charge is 0.252 e. The number of halogens is 1. The minimum absolute atomic E-state index is 0.0456. The molecule has 0 radical (unpaired) electrons. The van der Waals surface area contributed by atoms with E-state index in [1.54, 1.807) is 6.92 Å². The first-order valence-electron chi connectivity index (χ1n) is 4.95. The van der Waals surface area contributed by atoms with Crippen LogP contribution in [-0.4, -0.2) is 39.1 Å². The van der Waals surface area contributed by atoms with E-state index in [1.807, 2.05) is 0 Å². The lowest BCUT2D eigenvalue weighted by Crippen LogP contribution is -2.19. The number of carbonyl (C=O) groups excluding carboxylic acids is 1. The van der Waals surface area contributed by atoms with Gasteiger partial charge in [-0.05, 0) is 6.92 Å². The lowest BCUT2D eigenvalue weighted by Gasteiger charge is -2.03. The molecule has 0 aliphatic heterocycles. The van der Waals surface area contributed by atoms with Crippen molar-refractivity contribution < 1.29 is 9.53 Å². The summed E-state index contributed by atoms with van der Waals surface area (Å²) in [5, 5.41) is 2.68. The van der Waals surface area contributed by atoms with Crippen molar-refractivity contribution >= 4 is 34.6 Å². The van der Waals surface area contributed by atoms with Crippen molar-refractivity contribution in [1.82, 2.24) is 19.9 Å². The standard InChI is InChI=1S/C9H10ClN5O2/c1-2-17-3-5(16)13-9-14-7(10)6-8(15-9)12-4-11-6/h4H,2-3H2,1H3,(H2,11,12,13,14,15,16). The number of carbonyl (C=O) groups is 1. The number of ether oxygens (including phenoxy) is 1. The molecule has 0 saturated heterocycles. The molecule has 0 aliphatic rings. The van der Waals surface area contributed by atoms with Gasteiger partial charge in [-0.3, -0.25) is 10.1 Å². The molecule has 2 N–H and O–H groups in total. The van der Waals surface area contributed by atoms with Crippen LogP contribution in [0.1, 0.15) is 6.92 Å². The van der Waals surface area contributed by atoms with Gasteiger partial charge in [0.1, 0.15) is 12.1 Å². The summed E-state index contributed by atoms with van der Waals surface area (Å²) >= 11 is 5.89. The Hall–Kier alpha value is -1.73. The highest BCUT2D eigenvalue weighted by molar-refractivity contribution is 6.33. The first-order chi connectivity index (χ1) is 8.20. The number of nitrogens with one attached hydrogen (secondary N) is 2. The summed E-state index contributed by atoms with van der Waals surface area (Å²) in [6.07, 6.45) is 1.46. The summed E-state index contributed by atoms with van der Waals surface area (Å²) in [4.78, 5) is 26.0. The highest BCUT2D eigenvalue weighted by Crippen LogP contribution is 2.17. The number of anilines is 1. The zero-order valence-electron chi connectivity index (χ0n) is 9.03. The number of H-pyrrole nitrogens is 1. The van der Waals surface area contributed by atoms with E-state index in [9.17, 15) is 4.79 Å². The van der Waals surface area contributed by atoms with Gasteiger partial charge < -0.3 is 9.72 Å². The van der Waals surface area contributed by atoms with Crippen molar-refractivity contribution in [3.63, 3.8) is 0 Å². The fourth-order valence-corrected chi connectivity index (χ4v) is 1.43. The van der Waals surface area contributed by atoms with Crippen LogP contribution in [0.2, 0.25) is 5.15 Å². The summed E-state index contributed by atoms with van der Waals surface area (Å²) in [6, 6.07) is 0. The fourth-order valence-electron chi connectivity index (χ4n) is 1.21. The lowest BCUT2D eigenvalue weighted by atomic mass is 10.5. The van der Waals surface area contributed by atoms with Crippen LogP contribution in [0.3, 0.4) is 0 Å². The minimum atomic E-state index is -0.335. The topological polar surface area (TPSA) is 92.8 Å². The quantitative estimate of drug-likeness (QED) is 0.795. The van der Waals surface area contributed by atoms with E-state index >= 15 is 0 Å². The van der Waals surface area contributed by atoms with Crippen LogP contribution < -0.4 is 5.32 Å². The molecule has 0 spiro atoms. The van der Waals surface area contributed by atoms with E-state index < -0.39 is 0 Å². The molecule has 0 bridgehead atoms. The maximum atomic E-state index is 11.4. The molecule has 2 heterocycles. The molecule has 0 unspecified atom stereocenters. The molecule has 17 heavy (non-hydrogen) atoms. The van der Waals surface area contributed by atoms with Crippen molar-refractivity contribution in [3.05, 3.63) is 11.5 Å². The van der Waals surface area contributed by atoms with Crippen LogP contribution in [0.15, 0.2) is 6.33 Å². The molecular weight excluding hydrogens is 246 g/mol. The second-order valence-corrected chi connectivity index (χ2v) is 3.48. The van der Waals surface area contributed by atoms with Gasteiger partial charge in [-0.15, -0.1) is 0 Å². The Morgan fingerprint density at radius 1 is 1.59 bits per heavy atom. The van der Waals surface area contributed by atoms with Crippen molar-refractivity contribution in [2.75, 3.05) is 18.5 Å². The molecule has 2 rings (SSSR count). The first-order valence-corrected chi connectivity index (χ1v) is 5.32. The summed E-state index contributed by atoms with van der Waals surface area (Å²) < 4.78 is 4.95. The maximum absolute atomic E-state index is 11.4. The summed E-state index contributed by atoms with van der Waals surface area (Å²) in [5.41, 5.74) is 0.936. The third kappa shape index (κ3) is 2.69. The lowest BCUT2D eigenvalue weighted by molar-refractivity contribution is -0.120.